The molecule has 27 heavy (non-hydrogen) atoms. The summed E-state index contributed by atoms with van der Waals surface area (Å²) in [6.07, 6.45) is 3.68. The molecule has 0 atom stereocenters. The number of hydrogen-bond acceptors (Lipinski definition) is 6. The number of carbonyl (C=O) groups is 1. The van der Waals surface area contributed by atoms with Crippen LogP contribution in [0.4, 0.5) is 0 Å². The van der Waals surface area contributed by atoms with Crippen LogP contribution in [0.2, 0.25) is 0 Å². The minimum absolute atomic E-state index is 0.0595. The molecule has 1 aromatic carbocycles. The van der Waals surface area contributed by atoms with Crippen LogP contribution in [0.25, 0.3) is 11.5 Å². The molecule has 0 radical (unpaired) electrons. The molecule has 4 rings (SSSR count). The first kappa shape index (κ1) is 17.4. The van der Waals surface area contributed by atoms with E-state index >= 15 is 0 Å². The molecule has 138 valence electrons. The van der Waals surface area contributed by atoms with Crippen molar-refractivity contribution in [3.63, 3.8) is 0 Å². The van der Waals surface area contributed by atoms with Gasteiger partial charge in [-0.1, -0.05) is 11.2 Å². The van der Waals surface area contributed by atoms with Crippen molar-refractivity contribution in [2.75, 3.05) is 26.2 Å². The van der Waals surface area contributed by atoms with E-state index in [9.17, 15) is 4.79 Å². The molecule has 1 saturated heterocycles. The Labute approximate surface area is 157 Å². The fraction of sp³-hybridized carbons (Fsp3) is 0.300. The van der Waals surface area contributed by atoms with Gasteiger partial charge in [0.2, 0.25) is 0 Å². The normalized spacial score (nSPS) is 15.1. The maximum absolute atomic E-state index is 12.8. The van der Waals surface area contributed by atoms with Gasteiger partial charge in [-0.05, 0) is 42.8 Å². The number of piperazine rings is 1. The van der Waals surface area contributed by atoms with Gasteiger partial charge in [0.05, 0.1) is 0 Å². The van der Waals surface area contributed by atoms with Crippen molar-refractivity contribution < 1.29 is 9.32 Å². The van der Waals surface area contributed by atoms with Crippen molar-refractivity contribution in [1.29, 1.82) is 0 Å². The number of pyridine rings is 1. The van der Waals surface area contributed by atoms with Crippen molar-refractivity contribution in [3.8, 4) is 11.5 Å². The highest BCUT2D eigenvalue weighted by Gasteiger charge is 2.22. The number of rotatable bonds is 4. The Morgan fingerprint density at radius 2 is 1.89 bits per heavy atom. The maximum atomic E-state index is 12.8. The number of benzene rings is 1. The second-order valence-electron chi connectivity index (χ2n) is 6.65. The minimum atomic E-state index is 0.0595. The third-order valence-corrected chi connectivity index (χ3v) is 4.69. The molecule has 3 heterocycles. The monoisotopic (exact) mass is 363 g/mol. The van der Waals surface area contributed by atoms with Gasteiger partial charge in [-0.2, -0.15) is 4.98 Å². The molecular weight excluding hydrogens is 342 g/mol. The molecule has 0 saturated carbocycles. The summed E-state index contributed by atoms with van der Waals surface area (Å²) in [7, 11) is 0. The van der Waals surface area contributed by atoms with Crippen LogP contribution in [0.15, 0.2) is 53.3 Å². The summed E-state index contributed by atoms with van der Waals surface area (Å²) in [4.78, 5) is 25.4. The lowest BCUT2D eigenvalue weighted by Gasteiger charge is -2.34. The molecule has 0 spiro atoms. The van der Waals surface area contributed by atoms with Gasteiger partial charge >= 0.3 is 0 Å². The zero-order chi connectivity index (χ0) is 18.6. The number of nitrogens with zero attached hydrogens (tertiary/aromatic N) is 5. The maximum Gasteiger partial charge on any atom is 0.257 e. The van der Waals surface area contributed by atoms with E-state index in [1.165, 1.54) is 5.56 Å². The van der Waals surface area contributed by atoms with E-state index in [1.807, 2.05) is 41.4 Å². The molecule has 0 unspecified atom stereocenters. The second kappa shape index (κ2) is 7.67. The molecule has 1 fully saturated rings. The van der Waals surface area contributed by atoms with Gasteiger partial charge in [0.15, 0.2) is 5.82 Å². The third-order valence-electron chi connectivity index (χ3n) is 4.69. The average Bonchev–Trinajstić information content (AvgIpc) is 3.15. The first-order valence-electron chi connectivity index (χ1n) is 9.00. The zero-order valence-electron chi connectivity index (χ0n) is 15.2. The summed E-state index contributed by atoms with van der Waals surface area (Å²) in [6.45, 7) is 5.82. The smallest absolute Gasteiger partial charge is 0.257 e. The number of carbonyl (C=O) groups excluding carboxylic acids is 1. The Morgan fingerprint density at radius 3 is 2.52 bits per heavy atom. The van der Waals surface area contributed by atoms with E-state index in [0.29, 0.717) is 17.3 Å². The van der Waals surface area contributed by atoms with Crippen molar-refractivity contribution >= 4 is 5.91 Å². The Kier molecular flexibility index (Phi) is 4.93. The minimum Gasteiger partial charge on any atom is -0.336 e. The van der Waals surface area contributed by atoms with Crippen LogP contribution in [0.5, 0.6) is 0 Å². The van der Waals surface area contributed by atoms with Crippen molar-refractivity contribution in [2.45, 2.75) is 13.5 Å². The van der Waals surface area contributed by atoms with Gasteiger partial charge in [0.1, 0.15) is 0 Å². The molecular formula is C20H21N5O2. The lowest BCUT2D eigenvalue weighted by molar-refractivity contribution is 0.0628. The fourth-order valence-corrected chi connectivity index (χ4v) is 3.21. The Hall–Kier alpha value is -3.06. The third kappa shape index (κ3) is 4.03. The lowest BCUT2D eigenvalue weighted by Crippen LogP contribution is -2.48. The van der Waals surface area contributed by atoms with Crippen LogP contribution < -0.4 is 0 Å². The average molecular weight is 363 g/mol. The second-order valence-corrected chi connectivity index (χ2v) is 6.65. The van der Waals surface area contributed by atoms with Crippen LogP contribution in [-0.2, 0) is 6.54 Å². The molecule has 1 aliphatic heterocycles. The molecule has 7 heteroatoms. The SMILES string of the molecule is Cc1noc(-c2ccc(C(=O)N3CCN(Cc4cccnc4)CC3)cc2)n1. The van der Waals surface area contributed by atoms with Gasteiger partial charge < -0.3 is 9.42 Å². The van der Waals surface area contributed by atoms with E-state index in [2.05, 4.69) is 26.1 Å². The van der Waals surface area contributed by atoms with Gasteiger partial charge in [-0.15, -0.1) is 0 Å². The number of aromatic nitrogens is 3. The molecule has 7 nitrogen and oxygen atoms in total. The summed E-state index contributed by atoms with van der Waals surface area (Å²) in [5.74, 6) is 1.12. The Balaban J connectivity index is 1.35. The van der Waals surface area contributed by atoms with E-state index in [4.69, 9.17) is 4.52 Å². The first-order chi connectivity index (χ1) is 13.2. The van der Waals surface area contributed by atoms with E-state index in [0.717, 1.165) is 38.3 Å². The quantitative estimate of drug-likeness (QED) is 0.709. The molecule has 0 bridgehead atoms. The lowest BCUT2D eigenvalue weighted by atomic mass is 10.1. The first-order valence-corrected chi connectivity index (χ1v) is 9.00. The fourth-order valence-electron chi connectivity index (χ4n) is 3.21. The van der Waals surface area contributed by atoms with Crippen LogP contribution in [0.3, 0.4) is 0 Å². The standard InChI is InChI=1S/C20H21N5O2/c1-15-22-19(27-23-15)17-4-6-18(7-5-17)20(26)25-11-9-24(10-12-25)14-16-3-2-8-21-13-16/h2-8,13H,9-12,14H2,1H3. The van der Waals surface area contributed by atoms with Crippen LogP contribution in [0, 0.1) is 6.92 Å². The predicted molar refractivity (Wildman–Crippen MR) is 99.9 cm³/mol. The summed E-state index contributed by atoms with van der Waals surface area (Å²) >= 11 is 0. The largest absolute Gasteiger partial charge is 0.336 e. The van der Waals surface area contributed by atoms with E-state index in [1.54, 1.807) is 13.1 Å². The highest BCUT2D eigenvalue weighted by atomic mass is 16.5. The number of aryl methyl sites for hydroxylation is 1. The van der Waals surface area contributed by atoms with Gasteiger partial charge in [0, 0.05) is 56.2 Å². The summed E-state index contributed by atoms with van der Waals surface area (Å²) < 4.78 is 5.16. The van der Waals surface area contributed by atoms with E-state index in [-0.39, 0.29) is 5.91 Å². The van der Waals surface area contributed by atoms with Crippen LogP contribution in [0.1, 0.15) is 21.7 Å². The molecule has 1 aliphatic rings. The van der Waals surface area contributed by atoms with Crippen LogP contribution in [-0.4, -0.2) is 57.0 Å². The summed E-state index contributed by atoms with van der Waals surface area (Å²) in [6, 6.07) is 11.4. The van der Waals surface area contributed by atoms with E-state index < -0.39 is 0 Å². The molecule has 1 amide bonds. The number of hydrogen-bond donors (Lipinski definition) is 0. The Bertz CT molecular complexity index is 900. The summed E-state index contributed by atoms with van der Waals surface area (Å²) in [5, 5.41) is 3.79. The topological polar surface area (TPSA) is 75.4 Å². The highest BCUT2D eigenvalue weighted by molar-refractivity contribution is 5.94. The predicted octanol–water partition coefficient (Wildman–Crippen LogP) is 2.40. The molecule has 2 aromatic heterocycles. The molecule has 0 aliphatic carbocycles. The summed E-state index contributed by atoms with van der Waals surface area (Å²) in [5.41, 5.74) is 2.69. The van der Waals surface area contributed by atoms with Crippen LogP contribution >= 0.6 is 0 Å². The van der Waals surface area contributed by atoms with Gasteiger partial charge in [-0.25, -0.2) is 0 Å². The highest BCUT2D eigenvalue weighted by Crippen LogP contribution is 2.19. The zero-order valence-corrected chi connectivity index (χ0v) is 15.2. The van der Waals surface area contributed by atoms with Crippen molar-refractivity contribution in [2.24, 2.45) is 0 Å². The van der Waals surface area contributed by atoms with Crippen molar-refractivity contribution in [1.82, 2.24) is 24.9 Å². The Morgan fingerprint density at radius 1 is 1.11 bits per heavy atom. The van der Waals surface area contributed by atoms with Crippen molar-refractivity contribution in [3.05, 3.63) is 65.7 Å². The molecule has 0 N–H and O–H groups in total. The van der Waals surface area contributed by atoms with Gasteiger partial charge in [0.25, 0.3) is 11.8 Å². The van der Waals surface area contributed by atoms with Gasteiger partial charge in [-0.3, -0.25) is 14.7 Å². The number of amides is 1. The molecule has 3 aromatic rings.